The molecule has 1 N–H and O–H groups in total. The predicted octanol–water partition coefficient (Wildman–Crippen LogP) is 6.04. The number of nitrogens with zero attached hydrogens (tertiary/aromatic N) is 3. The van der Waals surface area contributed by atoms with Crippen molar-refractivity contribution in [1.29, 1.82) is 0 Å². The molecule has 0 bridgehead atoms. The summed E-state index contributed by atoms with van der Waals surface area (Å²) in [7, 11) is 0. The summed E-state index contributed by atoms with van der Waals surface area (Å²) in [6, 6.07) is 25.0. The molecule has 0 saturated carbocycles. The molecule has 1 heterocycles. The standard InChI is InChI=1S/C26H25N3O3/c1-2-8-19-13-15-21(16-14-19)32-18-24(30)27-28-25-22-11-6-7-12-23(22)29(26(25)31)17-20-9-4-3-5-10-20/h3-7,9-16,31H,2,8,17-18H2,1H3. The van der Waals surface area contributed by atoms with Crippen LogP contribution in [-0.2, 0) is 17.8 Å². The second-order valence-electron chi connectivity index (χ2n) is 7.54. The number of ether oxygens (including phenoxy) is 1. The molecule has 4 aromatic rings. The Labute approximate surface area is 186 Å². The Morgan fingerprint density at radius 3 is 2.41 bits per heavy atom. The van der Waals surface area contributed by atoms with E-state index in [9.17, 15) is 9.90 Å². The lowest BCUT2D eigenvalue weighted by molar-refractivity contribution is -0.120. The maximum Gasteiger partial charge on any atom is 0.302 e. The maximum atomic E-state index is 12.2. The molecule has 0 aliphatic heterocycles. The van der Waals surface area contributed by atoms with Crippen LogP contribution in [0.25, 0.3) is 10.9 Å². The molecule has 0 radical (unpaired) electrons. The van der Waals surface area contributed by atoms with Gasteiger partial charge in [0.1, 0.15) is 5.75 Å². The van der Waals surface area contributed by atoms with Gasteiger partial charge in [-0.05, 0) is 35.7 Å². The van der Waals surface area contributed by atoms with Gasteiger partial charge in [-0.25, -0.2) is 0 Å². The van der Waals surface area contributed by atoms with Crippen molar-refractivity contribution in [3.05, 3.63) is 90.0 Å². The number of carbonyl (C=O) groups excluding carboxylic acids is 1. The highest BCUT2D eigenvalue weighted by Crippen LogP contribution is 2.39. The number of fused-ring (bicyclic) bond motifs is 1. The number of benzene rings is 3. The van der Waals surface area contributed by atoms with Gasteiger partial charge in [-0.2, -0.15) is 0 Å². The predicted molar refractivity (Wildman–Crippen MR) is 125 cm³/mol. The van der Waals surface area contributed by atoms with Gasteiger partial charge in [0.25, 0.3) is 0 Å². The fraction of sp³-hybridized carbons (Fsp3) is 0.192. The third-order valence-corrected chi connectivity index (χ3v) is 5.19. The molecular formula is C26H25N3O3. The number of aromatic hydroxyl groups is 1. The summed E-state index contributed by atoms with van der Waals surface area (Å²) in [6.45, 7) is 2.39. The molecular weight excluding hydrogens is 402 g/mol. The normalized spacial score (nSPS) is 11.3. The van der Waals surface area contributed by atoms with Gasteiger partial charge in [-0.15, -0.1) is 10.2 Å². The average molecular weight is 428 g/mol. The summed E-state index contributed by atoms with van der Waals surface area (Å²) < 4.78 is 7.28. The van der Waals surface area contributed by atoms with Crippen LogP contribution in [0.3, 0.4) is 0 Å². The highest BCUT2D eigenvalue weighted by Gasteiger charge is 2.17. The van der Waals surface area contributed by atoms with Crippen LogP contribution >= 0.6 is 0 Å². The first-order valence-electron chi connectivity index (χ1n) is 10.7. The summed E-state index contributed by atoms with van der Waals surface area (Å²) in [5.41, 5.74) is 3.36. The van der Waals surface area contributed by atoms with Crippen LogP contribution in [0.15, 0.2) is 89.1 Å². The molecule has 162 valence electrons. The SMILES string of the molecule is CCCc1ccc(OCC(=O)N=Nc2c(O)n(Cc3ccccc3)c3ccccc23)cc1. The number of aromatic nitrogens is 1. The molecule has 0 spiro atoms. The first-order valence-corrected chi connectivity index (χ1v) is 10.7. The summed E-state index contributed by atoms with van der Waals surface area (Å²) in [5.74, 6) is 0.0525. The van der Waals surface area contributed by atoms with Crippen molar-refractivity contribution in [1.82, 2.24) is 4.57 Å². The third kappa shape index (κ3) is 4.86. The largest absolute Gasteiger partial charge is 0.493 e. The third-order valence-electron chi connectivity index (χ3n) is 5.19. The van der Waals surface area contributed by atoms with Crippen LogP contribution in [0.1, 0.15) is 24.5 Å². The van der Waals surface area contributed by atoms with Gasteiger partial charge in [-0.3, -0.25) is 4.79 Å². The Bertz CT molecular complexity index is 1230. The van der Waals surface area contributed by atoms with Gasteiger partial charge >= 0.3 is 5.91 Å². The molecule has 0 fully saturated rings. The van der Waals surface area contributed by atoms with Crippen LogP contribution in [0, 0.1) is 0 Å². The molecule has 32 heavy (non-hydrogen) atoms. The Morgan fingerprint density at radius 2 is 1.66 bits per heavy atom. The molecule has 6 nitrogen and oxygen atoms in total. The zero-order valence-corrected chi connectivity index (χ0v) is 17.9. The topological polar surface area (TPSA) is 76.2 Å². The molecule has 3 aromatic carbocycles. The van der Waals surface area contributed by atoms with E-state index >= 15 is 0 Å². The lowest BCUT2D eigenvalue weighted by atomic mass is 10.1. The number of carbonyl (C=O) groups is 1. The van der Waals surface area contributed by atoms with Crippen LogP contribution in [-0.4, -0.2) is 22.2 Å². The van der Waals surface area contributed by atoms with E-state index in [0.717, 1.165) is 29.3 Å². The number of amides is 1. The van der Waals surface area contributed by atoms with Gasteiger partial charge < -0.3 is 14.4 Å². The number of azo groups is 1. The zero-order chi connectivity index (χ0) is 22.3. The molecule has 6 heteroatoms. The van der Waals surface area contributed by atoms with Crippen molar-refractivity contribution in [2.75, 3.05) is 6.61 Å². The Morgan fingerprint density at radius 1 is 0.938 bits per heavy atom. The monoisotopic (exact) mass is 427 g/mol. The van der Waals surface area contributed by atoms with Crippen molar-refractivity contribution < 1.29 is 14.6 Å². The quantitative estimate of drug-likeness (QED) is 0.348. The molecule has 1 aromatic heterocycles. The highest BCUT2D eigenvalue weighted by atomic mass is 16.5. The van der Waals surface area contributed by atoms with E-state index in [1.54, 1.807) is 4.57 Å². The van der Waals surface area contributed by atoms with E-state index in [-0.39, 0.29) is 18.2 Å². The minimum Gasteiger partial charge on any atom is -0.493 e. The van der Waals surface area contributed by atoms with Crippen LogP contribution in [0.2, 0.25) is 0 Å². The fourth-order valence-electron chi connectivity index (χ4n) is 3.62. The number of hydrogen-bond acceptors (Lipinski definition) is 4. The first kappa shape index (κ1) is 21.3. The molecule has 0 atom stereocenters. The number of rotatable bonds is 8. The van der Waals surface area contributed by atoms with Crippen molar-refractivity contribution in [2.24, 2.45) is 10.2 Å². The smallest absolute Gasteiger partial charge is 0.302 e. The van der Waals surface area contributed by atoms with Gasteiger partial charge in [0.15, 0.2) is 12.3 Å². The van der Waals surface area contributed by atoms with Crippen molar-refractivity contribution in [2.45, 2.75) is 26.3 Å². The van der Waals surface area contributed by atoms with Crippen LogP contribution in [0.4, 0.5) is 5.69 Å². The Kier molecular flexibility index (Phi) is 6.60. The Hall–Kier alpha value is -3.93. The molecule has 0 aliphatic carbocycles. The van der Waals surface area contributed by atoms with Crippen LogP contribution < -0.4 is 4.74 Å². The number of aryl methyl sites for hydroxylation is 1. The lowest BCUT2D eigenvalue weighted by Gasteiger charge is -2.06. The molecule has 0 saturated heterocycles. The number of para-hydroxylation sites is 1. The minimum atomic E-state index is -0.526. The van der Waals surface area contributed by atoms with E-state index in [1.807, 2.05) is 78.9 Å². The van der Waals surface area contributed by atoms with Crippen molar-refractivity contribution >= 4 is 22.5 Å². The Balaban J connectivity index is 1.49. The van der Waals surface area contributed by atoms with E-state index in [0.29, 0.717) is 12.3 Å². The van der Waals surface area contributed by atoms with Crippen molar-refractivity contribution in [3.63, 3.8) is 0 Å². The average Bonchev–Trinajstić information content (AvgIpc) is 3.09. The summed E-state index contributed by atoms with van der Waals surface area (Å²) >= 11 is 0. The summed E-state index contributed by atoms with van der Waals surface area (Å²) in [5, 5.41) is 19.4. The van der Waals surface area contributed by atoms with Gasteiger partial charge in [0, 0.05) is 5.39 Å². The molecule has 1 amide bonds. The first-order chi connectivity index (χ1) is 15.7. The second kappa shape index (κ2) is 9.92. The van der Waals surface area contributed by atoms with Gasteiger partial charge in [-0.1, -0.05) is 74.0 Å². The molecule has 0 unspecified atom stereocenters. The van der Waals surface area contributed by atoms with Gasteiger partial charge in [0.05, 0.1) is 12.1 Å². The van der Waals surface area contributed by atoms with Crippen molar-refractivity contribution in [3.8, 4) is 11.6 Å². The van der Waals surface area contributed by atoms with Crippen LogP contribution in [0.5, 0.6) is 11.6 Å². The highest BCUT2D eigenvalue weighted by molar-refractivity contribution is 5.95. The fourth-order valence-corrected chi connectivity index (χ4v) is 3.62. The van der Waals surface area contributed by atoms with E-state index in [1.165, 1.54) is 5.56 Å². The van der Waals surface area contributed by atoms with E-state index in [4.69, 9.17) is 4.74 Å². The summed E-state index contributed by atoms with van der Waals surface area (Å²) in [6.07, 6.45) is 2.09. The summed E-state index contributed by atoms with van der Waals surface area (Å²) in [4.78, 5) is 12.2. The second-order valence-corrected chi connectivity index (χ2v) is 7.54. The van der Waals surface area contributed by atoms with E-state index < -0.39 is 5.91 Å². The molecule has 4 rings (SSSR count). The van der Waals surface area contributed by atoms with E-state index in [2.05, 4.69) is 17.2 Å². The maximum absolute atomic E-state index is 12.2. The minimum absolute atomic E-state index is 0.0287. The zero-order valence-electron chi connectivity index (χ0n) is 17.9. The van der Waals surface area contributed by atoms with Gasteiger partial charge in [0.2, 0.25) is 5.88 Å². The lowest BCUT2D eigenvalue weighted by Crippen LogP contribution is -2.07. The number of hydrogen-bond donors (Lipinski definition) is 1. The molecule has 0 aliphatic rings.